The molecule has 0 bridgehead atoms. The maximum Gasteiger partial charge on any atom is 0.315 e. The van der Waals surface area contributed by atoms with Crippen LogP contribution in [-0.4, -0.2) is 25.5 Å². The van der Waals surface area contributed by atoms with E-state index in [4.69, 9.17) is 0 Å². The molecule has 19 heavy (non-hydrogen) atoms. The molecule has 0 spiro atoms. The van der Waals surface area contributed by atoms with Crippen LogP contribution in [0.25, 0.3) is 0 Å². The van der Waals surface area contributed by atoms with Crippen molar-refractivity contribution in [2.45, 2.75) is 32.6 Å². The minimum atomic E-state index is -0.522. The molecule has 4 heteroatoms. The highest BCUT2D eigenvalue weighted by atomic mass is 16.5. The molecule has 0 atom stereocenters. The van der Waals surface area contributed by atoms with Gasteiger partial charge in [-0.2, -0.15) is 0 Å². The zero-order chi connectivity index (χ0) is 14.5. The highest BCUT2D eigenvalue weighted by molar-refractivity contribution is 5.94. The summed E-state index contributed by atoms with van der Waals surface area (Å²) < 4.78 is 4.46. The number of hydrogen-bond acceptors (Lipinski definition) is 3. The number of carbonyl (C=O) groups is 2. The summed E-state index contributed by atoms with van der Waals surface area (Å²) in [5.41, 5.74) is 2.19. The number of carbonyl (C=O) groups excluding carboxylic acids is 2. The summed E-state index contributed by atoms with van der Waals surface area (Å²) in [6.45, 7) is 6.66. The van der Waals surface area contributed by atoms with Crippen molar-refractivity contribution in [1.29, 1.82) is 0 Å². The molecule has 0 aliphatic heterocycles. The van der Waals surface area contributed by atoms with E-state index in [1.807, 2.05) is 25.1 Å². The van der Waals surface area contributed by atoms with Gasteiger partial charge in [-0.3, -0.25) is 9.59 Å². The zero-order valence-corrected chi connectivity index (χ0v) is 11.9. The Labute approximate surface area is 114 Å². The van der Waals surface area contributed by atoms with E-state index in [1.165, 1.54) is 18.2 Å². The van der Waals surface area contributed by atoms with Crippen LogP contribution in [0.1, 0.15) is 31.4 Å². The number of methoxy groups -OCH3 is 1. The normalized spacial score (nSPS) is 10.9. The van der Waals surface area contributed by atoms with Crippen LogP contribution in [0.4, 0.5) is 0 Å². The topological polar surface area (TPSA) is 55.4 Å². The number of benzene rings is 1. The summed E-state index contributed by atoms with van der Waals surface area (Å²) in [5.74, 6) is -0.834. The van der Waals surface area contributed by atoms with Gasteiger partial charge < -0.3 is 10.1 Å². The molecule has 104 valence electrons. The minimum Gasteiger partial charge on any atom is -0.469 e. The zero-order valence-electron chi connectivity index (χ0n) is 11.9. The van der Waals surface area contributed by atoms with Crippen LogP contribution < -0.4 is 5.32 Å². The monoisotopic (exact) mass is 263 g/mol. The lowest BCUT2D eigenvalue weighted by Gasteiger charge is -2.27. The maximum absolute atomic E-state index is 11.6. The van der Waals surface area contributed by atoms with Gasteiger partial charge in [-0.1, -0.05) is 38.1 Å². The van der Waals surface area contributed by atoms with Gasteiger partial charge in [0.05, 0.1) is 7.11 Å². The Hall–Kier alpha value is -1.84. The molecule has 0 aliphatic rings. The molecule has 0 unspecified atom stereocenters. The second-order valence-electron chi connectivity index (χ2n) is 5.23. The van der Waals surface area contributed by atoms with Crippen LogP contribution in [0, 0.1) is 6.92 Å². The summed E-state index contributed by atoms with van der Waals surface area (Å²) in [6, 6.07) is 8.08. The van der Waals surface area contributed by atoms with Gasteiger partial charge in [-0.15, -0.1) is 0 Å². The highest BCUT2D eigenvalue weighted by Crippen LogP contribution is 2.25. The summed E-state index contributed by atoms with van der Waals surface area (Å²) >= 11 is 0. The number of rotatable bonds is 5. The Bertz CT molecular complexity index is 466. The fourth-order valence-corrected chi connectivity index (χ4v) is 2.01. The Morgan fingerprint density at radius 3 is 2.47 bits per heavy atom. The SMILES string of the molecule is COC(=O)CC(=O)NCC(C)(C)c1ccccc1C. The fraction of sp³-hybridized carbons (Fsp3) is 0.467. The van der Waals surface area contributed by atoms with E-state index < -0.39 is 5.97 Å². The molecule has 0 aliphatic carbocycles. The minimum absolute atomic E-state index is 0.183. The van der Waals surface area contributed by atoms with Gasteiger partial charge in [0, 0.05) is 12.0 Å². The number of aryl methyl sites for hydroxylation is 1. The lowest BCUT2D eigenvalue weighted by molar-refractivity contribution is -0.143. The van der Waals surface area contributed by atoms with Crippen LogP contribution in [0.2, 0.25) is 0 Å². The Balaban J connectivity index is 2.63. The van der Waals surface area contributed by atoms with Crippen LogP contribution in [-0.2, 0) is 19.7 Å². The van der Waals surface area contributed by atoms with Crippen LogP contribution >= 0.6 is 0 Å². The van der Waals surface area contributed by atoms with Gasteiger partial charge in [-0.05, 0) is 18.1 Å². The van der Waals surface area contributed by atoms with Crippen LogP contribution in [0.15, 0.2) is 24.3 Å². The lowest BCUT2D eigenvalue weighted by Crippen LogP contribution is -2.37. The van der Waals surface area contributed by atoms with E-state index >= 15 is 0 Å². The Morgan fingerprint density at radius 1 is 1.26 bits per heavy atom. The number of nitrogens with one attached hydrogen (secondary N) is 1. The van der Waals surface area contributed by atoms with E-state index in [0.29, 0.717) is 6.54 Å². The summed E-state index contributed by atoms with van der Waals surface area (Å²) in [7, 11) is 1.27. The predicted molar refractivity (Wildman–Crippen MR) is 73.8 cm³/mol. The van der Waals surface area contributed by atoms with Crippen molar-refractivity contribution in [2.75, 3.05) is 13.7 Å². The first-order valence-corrected chi connectivity index (χ1v) is 6.26. The molecule has 0 heterocycles. The van der Waals surface area contributed by atoms with Crippen LogP contribution in [0.3, 0.4) is 0 Å². The van der Waals surface area contributed by atoms with Gasteiger partial charge >= 0.3 is 5.97 Å². The van der Waals surface area contributed by atoms with Crippen molar-refractivity contribution in [3.05, 3.63) is 35.4 Å². The lowest BCUT2D eigenvalue weighted by atomic mass is 9.82. The molecular formula is C15H21NO3. The molecule has 1 aromatic rings. The third-order valence-corrected chi connectivity index (χ3v) is 3.13. The molecule has 1 N–H and O–H groups in total. The average Bonchev–Trinajstić information content (AvgIpc) is 2.36. The van der Waals surface area contributed by atoms with E-state index in [1.54, 1.807) is 0 Å². The average molecular weight is 263 g/mol. The largest absolute Gasteiger partial charge is 0.469 e. The fourth-order valence-electron chi connectivity index (χ4n) is 2.01. The summed E-state index contributed by atoms with van der Waals surface area (Å²) in [6.07, 6.45) is -0.236. The smallest absolute Gasteiger partial charge is 0.315 e. The van der Waals surface area contributed by atoms with Crippen molar-refractivity contribution >= 4 is 11.9 Å². The number of amides is 1. The van der Waals surface area contributed by atoms with Crippen molar-refractivity contribution < 1.29 is 14.3 Å². The molecule has 1 aromatic carbocycles. The first-order chi connectivity index (χ1) is 8.86. The second kappa shape index (κ2) is 6.36. The standard InChI is InChI=1S/C15H21NO3/c1-11-7-5-6-8-12(11)15(2,3)10-16-13(17)9-14(18)19-4/h5-8H,9-10H2,1-4H3,(H,16,17). The Kier molecular flexibility index (Phi) is 5.10. The summed E-state index contributed by atoms with van der Waals surface area (Å²) in [5, 5.41) is 2.77. The van der Waals surface area contributed by atoms with Crippen molar-refractivity contribution in [3.63, 3.8) is 0 Å². The van der Waals surface area contributed by atoms with E-state index in [-0.39, 0.29) is 17.7 Å². The molecule has 0 fully saturated rings. The van der Waals surface area contributed by atoms with Crippen molar-refractivity contribution in [2.24, 2.45) is 0 Å². The van der Waals surface area contributed by atoms with Crippen LogP contribution in [0.5, 0.6) is 0 Å². The van der Waals surface area contributed by atoms with E-state index in [0.717, 1.165) is 0 Å². The number of hydrogen-bond donors (Lipinski definition) is 1. The first kappa shape index (κ1) is 15.2. The van der Waals surface area contributed by atoms with E-state index in [2.05, 4.69) is 30.0 Å². The van der Waals surface area contributed by atoms with Gasteiger partial charge in [-0.25, -0.2) is 0 Å². The van der Waals surface area contributed by atoms with E-state index in [9.17, 15) is 9.59 Å². The van der Waals surface area contributed by atoms with Gasteiger partial charge in [0.25, 0.3) is 0 Å². The van der Waals surface area contributed by atoms with Gasteiger partial charge in [0.15, 0.2) is 0 Å². The van der Waals surface area contributed by atoms with Gasteiger partial charge in [0.1, 0.15) is 6.42 Å². The number of ether oxygens (including phenoxy) is 1. The molecule has 4 nitrogen and oxygen atoms in total. The predicted octanol–water partition coefficient (Wildman–Crippen LogP) is 1.95. The molecule has 0 saturated carbocycles. The molecular weight excluding hydrogens is 242 g/mol. The van der Waals surface area contributed by atoms with Crippen molar-refractivity contribution in [3.8, 4) is 0 Å². The third kappa shape index (κ3) is 4.39. The maximum atomic E-state index is 11.6. The third-order valence-electron chi connectivity index (χ3n) is 3.13. The highest BCUT2D eigenvalue weighted by Gasteiger charge is 2.23. The molecule has 0 aromatic heterocycles. The quantitative estimate of drug-likeness (QED) is 0.652. The molecule has 0 saturated heterocycles. The number of esters is 1. The summed E-state index contributed by atoms with van der Waals surface area (Å²) in [4.78, 5) is 22.6. The van der Waals surface area contributed by atoms with Crippen molar-refractivity contribution in [1.82, 2.24) is 5.32 Å². The molecule has 1 amide bonds. The molecule has 0 radical (unpaired) electrons. The first-order valence-electron chi connectivity index (χ1n) is 6.26. The molecule has 1 rings (SSSR count). The second-order valence-corrected chi connectivity index (χ2v) is 5.23. The van der Waals surface area contributed by atoms with Gasteiger partial charge in [0.2, 0.25) is 5.91 Å². The Morgan fingerprint density at radius 2 is 1.89 bits per heavy atom.